The van der Waals surface area contributed by atoms with Gasteiger partial charge < -0.3 is 14.8 Å². The third kappa shape index (κ3) is 7.42. The van der Waals surface area contributed by atoms with E-state index in [0.29, 0.717) is 43.7 Å². The minimum Gasteiger partial charge on any atom is -0.492 e. The van der Waals surface area contributed by atoms with E-state index in [4.69, 9.17) is 9.47 Å². The number of carbonyl (C=O) groups is 1. The van der Waals surface area contributed by atoms with Gasteiger partial charge in [-0.25, -0.2) is 16.8 Å². The fourth-order valence-electron chi connectivity index (χ4n) is 3.62. The first kappa shape index (κ1) is 27.9. The molecule has 12 heteroatoms. The number of sulfonamides is 2. The van der Waals surface area contributed by atoms with Crippen LogP contribution in [0.25, 0.3) is 0 Å². The van der Waals surface area contributed by atoms with Crippen LogP contribution in [0.5, 0.6) is 5.75 Å². The van der Waals surface area contributed by atoms with Gasteiger partial charge in [0.2, 0.25) is 26.0 Å². The summed E-state index contributed by atoms with van der Waals surface area (Å²) in [4.78, 5) is 12.6. The maximum absolute atomic E-state index is 12.7. The number of amides is 1. The molecule has 2 aromatic rings. The third-order valence-corrected chi connectivity index (χ3v) is 8.71. The highest BCUT2D eigenvalue weighted by atomic mass is 32.2. The Balaban J connectivity index is 1.50. The van der Waals surface area contributed by atoms with E-state index in [-0.39, 0.29) is 24.6 Å². The minimum absolute atomic E-state index is 0.128. The lowest BCUT2D eigenvalue weighted by Crippen LogP contribution is -2.41. The van der Waals surface area contributed by atoms with E-state index in [9.17, 15) is 21.6 Å². The average molecular weight is 540 g/mol. The SMILES string of the molecule is CC(C)c1ccc(N(CC(=O)NCCOc2ccc(S(=O)(=O)N3CCOCC3)cc2)S(C)(=O)=O)cc1. The second-order valence-electron chi connectivity index (χ2n) is 8.70. The van der Waals surface area contributed by atoms with Gasteiger partial charge >= 0.3 is 0 Å². The molecule has 1 heterocycles. The normalized spacial score (nSPS) is 15.0. The van der Waals surface area contributed by atoms with Gasteiger partial charge in [0.1, 0.15) is 18.9 Å². The van der Waals surface area contributed by atoms with Crippen LogP contribution >= 0.6 is 0 Å². The van der Waals surface area contributed by atoms with Gasteiger partial charge in [-0.3, -0.25) is 9.10 Å². The first-order valence-electron chi connectivity index (χ1n) is 11.6. The Kier molecular flexibility index (Phi) is 9.34. The van der Waals surface area contributed by atoms with E-state index in [1.165, 1.54) is 16.4 Å². The smallest absolute Gasteiger partial charge is 0.243 e. The number of nitrogens with zero attached hydrogens (tertiary/aromatic N) is 2. The topological polar surface area (TPSA) is 122 Å². The highest BCUT2D eigenvalue weighted by molar-refractivity contribution is 7.92. The first-order valence-corrected chi connectivity index (χ1v) is 14.9. The average Bonchev–Trinajstić information content (AvgIpc) is 2.85. The predicted molar refractivity (Wildman–Crippen MR) is 137 cm³/mol. The van der Waals surface area contributed by atoms with Crippen LogP contribution in [-0.2, 0) is 29.6 Å². The number of anilines is 1. The van der Waals surface area contributed by atoms with Crippen molar-refractivity contribution in [1.82, 2.24) is 9.62 Å². The molecule has 10 nitrogen and oxygen atoms in total. The number of ether oxygens (including phenoxy) is 2. The van der Waals surface area contributed by atoms with Gasteiger partial charge in [0.25, 0.3) is 0 Å². The van der Waals surface area contributed by atoms with Gasteiger partial charge in [-0.2, -0.15) is 4.31 Å². The van der Waals surface area contributed by atoms with E-state index < -0.39 is 26.0 Å². The van der Waals surface area contributed by atoms with Crippen molar-refractivity contribution < 1.29 is 31.1 Å². The molecule has 0 bridgehead atoms. The number of nitrogens with one attached hydrogen (secondary N) is 1. The number of rotatable bonds is 11. The summed E-state index contributed by atoms with van der Waals surface area (Å²) in [5, 5.41) is 2.65. The molecule has 0 unspecified atom stereocenters. The first-order chi connectivity index (χ1) is 17.0. The highest BCUT2D eigenvalue weighted by Gasteiger charge is 2.26. The third-order valence-electron chi connectivity index (χ3n) is 5.66. The number of morpholine rings is 1. The van der Waals surface area contributed by atoms with Crippen molar-refractivity contribution in [1.29, 1.82) is 0 Å². The van der Waals surface area contributed by atoms with E-state index in [2.05, 4.69) is 5.32 Å². The molecule has 0 aliphatic carbocycles. The van der Waals surface area contributed by atoms with Gasteiger partial charge in [-0.1, -0.05) is 26.0 Å². The van der Waals surface area contributed by atoms with Crippen molar-refractivity contribution in [2.24, 2.45) is 0 Å². The van der Waals surface area contributed by atoms with Gasteiger partial charge in [0.05, 0.1) is 36.6 Å². The molecule has 0 saturated carbocycles. The zero-order valence-electron chi connectivity index (χ0n) is 20.7. The molecule has 0 atom stereocenters. The molecule has 1 aliphatic rings. The van der Waals surface area contributed by atoms with Gasteiger partial charge in [-0.15, -0.1) is 0 Å². The highest BCUT2D eigenvalue weighted by Crippen LogP contribution is 2.22. The fourth-order valence-corrected chi connectivity index (χ4v) is 5.88. The summed E-state index contributed by atoms with van der Waals surface area (Å²) in [5.74, 6) is 0.288. The zero-order chi connectivity index (χ0) is 26.3. The van der Waals surface area contributed by atoms with Crippen LogP contribution < -0.4 is 14.4 Å². The molecule has 36 heavy (non-hydrogen) atoms. The standard InChI is InChI=1S/C24H33N3O7S2/c1-19(2)20-4-6-21(7-5-20)27(35(3,29)30)18-24(28)25-12-15-34-22-8-10-23(11-9-22)36(31,32)26-13-16-33-17-14-26/h4-11,19H,12-18H2,1-3H3,(H,25,28). The summed E-state index contributed by atoms with van der Waals surface area (Å²) >= 11 is 0. The second kappa shape index (κ2) is 12.0. The van der Waals surface area contributed by atoms with Crippen LogP contribution in [-0.4, -0.2) is 79.3 Å². The molecule has 1 saturated heterocycles. The Labute approximate surface area is 213 Å². The lowest BCUT2D eigenvalue weighted by Gasteiger charge is -2.26. The summed E-state index contributed by atoms with van der Waals surface area (Å²) in [6.07, 6.45) is 1.06. The molecule has 0 aromatic heterocycles. The summed E-state index contributed by atoms with van der Waals surface area (Å²) < 4.78 is 63.1. The van der Waals surface area contributed by atoms with Crippen molar-refractivity contribution >= 4 is 31.6 Å². The largest absolute Gasteiger partial charge is 0.492 e. The lowest BCUT2D eigenvalue weighted by molar-refractivity contribution is -0.119. The molecule has 1 aliphatic heterocycles. The van der Waals surface area contributed by atoms with E-state index >= 15 is 0 Å². The summed E-state index contributed by atoms with van der Waals surface area (Å²) in [5.41, 5.74) is 1.49. The number of benzene rings is 2. The van der Waals surface area contributed by atoms with Crippen molar-refractivity contribution in [3.63, 3.8) is 0 Å². The Bertz CT molecular complexity index is 1220. The molecule has 1 N–H and O–H groups in total. The maximum Gasteiger partial charge on any atom is 0.243 e. The molecular formula is C24H33N3O7S2. The second-order valence-corrected chi connectivity index (χ2v) is 12.5. The number of carbonyl (C=O) groups excluding carboxylic acids is 1. The van der Waals surface area contributed by atoms with E-state index in [1.54, 1.807) is 24.3 Å². The Morgan fingerprint density at radius 1 is 1.03 bits per heavy atom. The van der Waals surface area contributed by atoms with E-state index in [1.807, 2.05) is 26.0 Å². The molecule has 3 rings (SSSR count). The van der Waals surface area contributed by atoms with E-state index in [0.717, 1.165) is 16.1 Å². The zero-order valence-corrected chi connectivity index (χ0v) is 22.3. The Morgan fingerprint density at radius 2 is 1.64 bits per heavy atom. The molecule has 2 aromatic carbocycles. The van der Waals surface area contributed by atoms with Gasteiger partial charge in [0.15, 0.2) is 0 Å². The minimum atomic E-state index is -3.66. The Hall–Kier alpha value is -2.67. The molecular weight excluding hydrogens is 506 g/mol. The monoisotopic (exact) mass is 539 g/mol. The van der Waals surface area contributed by atoms with Crippen LogP contribution in [0.4, 0.5) is 5.69 Å². The summed E-state index contributed by atoms with van der Waals surface area (Å²) in [7, 11) is -7.24. The van der Waals surface area contributed by atoms with Gasteiger partial charge in [-0.05, 0) is 47.9 Å². The van der Waals surface area contributed by atoms with Crippen molar-refractivity contribution in [3.05, 3.63) is 54.1 Å². The summed E-state index contributed by atoms with van der Waals surface area (Å²) in [6.45, 7) is 5.40. The van der Waals surface area contributed by atoms with Gasteiger partial charge in [0, 0.05) is 13.1 Å². The quantitative estimate of drug-likeness (QED) is 0.432. The Morgan fingerprint density at radius 3 is 2.19 bits per heavy atom. The molecule has 1 fully saturated rings. The van der Waals surface area contributed by atoms with Crippen molar-refractivity contribution in [3.8, 4) is 5.75 Å². The predicted octanol–water partition coefficient (Wildman–Crippen LogP) is 1.79. The molecule has 0 radical (unpaired) electrons. The van der Waals surface area contributed by atoms with Crippen LogP contribution in [0.1, 0.15) is 25.3 Å². The molecule has 1 amide bonds. The lowest BCUT2D eigenvalue weighted by atomic mass is 10.0. The molecule has 0 spiro atoms. The van der Waals surface area contributed by atoms with Crippen molar-refractivity contribution in [2.45, 2.75) is 24.7 Å². The maximum atomic E-state index is 12.7. The molecule has 198 valence electrons. The number of hydrogen-bond acceptors (Lipinski definition) is 7. The fraction of sp³-hybridized carbons (Fsp3) is 0.458. The number of hydrogen-bond donors (Lipinski definition) is 1. The van der Waals surface area contributed by atoms with Crippen molar-refractivity contribution in [2.75, 3.05) is 56.6 Å². The van der Waals surface area contributed by atoms with Crippen LogP contribution in [0.15, 0.2) is 53.4 Å². The van der Waals surface area contributed by atoms with Crippen LogP contribution in [0.3, 0.4) is 0 Å². The van der Waals surface area contributed by atoms with Crippen LogP contribution in [0, 0.1) is 0 Å². The summed E-state index contributed by atoms with van der Waals surface area (Å²) in [6, 6.07) is 13.2. The van der Waals surface area contributed by atoms with Crippen LogP contribution in [0.2, 0.25) is 0 Å².